The number of hydrogen-bond donors (Lipinski definition) is 5. The van der Waals surface area contributed by atoms with Crippen molar-refractivity contribution in [1.29, 1.82) is 0 Å². The monoisotopic (exact) mass is 451 g/mol. The number of methoxy groups -OCH3 is 1. The van der Waals surface area contributed by atoms with Crippen molar-refractivity contribution in [2.24, 2.45) is 0 Å². The number of rotatable bonds is 2. The van der Waals surface area contributed by atoms with Gasteiger partial charge in [-0.2, -0.15) is 0 Å². The first-order chi connectivity index (χ1) is 15.2. The van der Waals surface area contributed by atoms with Crippen molar-refractivity contribution < 1.29 is 49.0 Å². The molecule has 12 nitrogen and oxygen atoms in total. The van der Waals surface area contributed by atoms with E-state index in [2.05, 4.69) is 14.5 Å². The van der Waals surface area contributed by atoms with Crippen molar-refractivity contribution in [3.63, 3.8) is 0 Å². The van der Waals surface area contributed by atoms with Gasteiger partial charge in [-0.05, 0) is 12.1 Å². The third-order valence-electron chi connectivity index (χ3n) is 4.56. The van der Waals surface area contributed by atoms with E-state index >= 15 is 0 Å². The summed E-state index contributed by atoms with van der Waals surface area (Å²) in [4.78, 5) is 27.1. The van der Waals surface area contributed by atoms with Crippen molar-refractivity contribution in [2.45, 2.75) is 30.7 Å². The Labute approximate surface area is 180 Å². The third-order valence-corrected chi connectivity index (χ3v) is 4.56. The lowest BCUT2D eigenvalue weighted by Crippen LogP contribution is -2.58. The molecule has 12 heteroatoms. The lowest BCUT2D eigenvalue weighted by atomic mass is 10.00. The number of nitrogens with zero attached hydrogens (tertiary/aromatic N) is 1. The minimum absolute atomic E-state index is 0.00820. The van der Waals surface area contributed by atoms with Crippen LogP contribution in [-0.4, -0.2) is 81.1 Å². The highest BCUT2D eigenvalue weighted by atomic mass is 16.7. The standard InChI is InChI=1S/C14H9NO5.C6H12O6/c1-18-14(17)20-12-7-8(16)6-11-13(12)15-9-4-2-3-5-10(9)19-11;7-1-2-3(8)4(9)5(10)6(11)12-2/h2-7H,1H3;2-11H,1H2/t;2-,3+,4+,5-,6-/m.1/s1. The summed E-state index contributed by atoms with van der Waals surface area (Å²) >= 11 is 0. The average Bonchev–Trinajstić information content (AvgIpc) is 2.79. The minimum Gasteiger partial charge on any atom is -0.453 e. The fourth-order valence-corrected chi connectivity index (χ4v) is 2.91. The molecule has 5 N–H and O–H groups in total. The van der Waals surface area contributed by atoms with E-state index in [-0.39, 0.29) is 22.6 Å². The summed E-state index contributed by atoms with van der Waals surface area (Å²) in [5, 5.41) is 44.7. The molecule has 0 spiro atoms. The number of aliphatic hydroxyl groups excluding tert-OH is 5. The van der Waals surface area contributed by atoms with Crippen LogP contribution in [0.4, 0.5) is 4.79 Å². The van der Waals surface area contributed by atoms with Crippen LogP contribution in [0, 0.1) is 0 Å². The molecule has 32 heavy (non-hydrogen) atoms. The van der Waals surface area contributed by atoms with Gasteiger partial charge in [0.25, 0.3) is 0 Å². The molecule has 1 saturated heterocycles. The smallest absolute Gasteiger partial charge is 0.453 e. The highest BCUT2D eigenvalue weighted by Gasteiger charge is 2.42. The highest BCUT2D eigenvalue weighted by molar-refractivity contribution is 5.79. The normalized spacial score (nSPS) is 25.1. The molecule has 2 heterocycles. The zero-order valence-corrected chi connectivity index (χ0v) is 16.7. The molecule has 0 unspecified atom stereocenters. The summed E-state index contributed by atoms with van der Waals surface area (Å²) in [5.74, 6) is 0.254. The molecule has 0 bridgehead atoms. The molecular weight excluding hydrogens is 430 g/mol. The summed E-state index contributed by atoms with van der Waals surface area (Å²) in [6, 6.07) is 9.55. The van der Waals surface area contributed by atoms with Gasteiger partial charge in [0.2, 0.25) is 0 Å². The van der Waals surface area contributed by atoms with Crippen LogP contribution in [0.25, 0.3) is 22.6 Å². The van der Waals surface area contributed by atoms with Crippen LogP contribution in [0.5, 0.6) is 5.75 Å². The number of fused-ring (bicyclic) bond motifs is 2. The summed E-state index contributed by atoms with van der Waals surface area (Å²) < 4.78 is 19.5. The number of hydrogen-bond acceptors (Lipinski definition) is 12. The zero-order chi connectivity index (χ0) is 23.4. The topological polar surface area (TPSA) is 189 Å². The molecule has 0 aromatic heterocycles. The number of aliphatic hydroxyl groups is 5. The first-order valence-electron chi connectivity index (χ1n) is 9.33. The summed E-state index contributed by atoms with van der Waals surface area (Å²) in [6.45, 7) is -0.526. The van der Waals surface area contributed by atoms with Crippen LogP contribution in [-0.2, 0) is 9.47 Å². The fourth-order valence-electron chi connectivity index (χ4n) is 2.91. The fraction of sp³-hybridized carbons (Fsp3) is 0.350. The Morgan fingerprint density at radius 1 is 1.09 bits per heavy atom. The molecular formula is C20H21NO11. The van der Waals surface area contributed by atoms with Crippen LogP contribution in [0.1, 0.15) is 0 Å². The van der Waals surface area contributed by atoms with Gasteiger partial charge in [-0.1, -0.05) is 12.1 Å². The van der Waals surface area contributed by atoms with Gasteiger partial charge in [0.05, 0.1) is 13.7 Å². The molecule has 0 radical (unpaired) electrons. The molecule has 4 rings (SSSR count). The third kappa shape index (κ3) is 5.02. The van der Waals surface area contributed by atoms with E-state index in [1.54, 1.807) is 24.3 Å². The molecule has 0 amide bonds. The number of para-hydroxylation sites is 2. The van der Waals surface area contributed by atoms with Crippen molar-refractivity contribution in [3.05, 3.63) is 46.6 Å². The first kappa shape index (κ1) is 23.5. The second-order valence-electron chi connectivity index (χ2n) is 6.73. The number of carbonyl (C=O) groups excluding carboxylic acids is 1. The van der Waals surface area contributed by atoms with Crippen LogP contribution >= 0.6 is 0 Å². The average molecular weight is 451 g/mol. The van der Waals surface area contributed by atoms with Crippen molar-refractivity contribution >= 4 is 17.3 Å². The van der Waals surface area contributed by atoms with E-state index in [1.165, 1.54) is 13.2 Å². The van der Waals surface area contributed by atoms with Crippen LogP contribution < -0.4 is 10.2 Å². The Morgan fingerprint density at radius 3 is 2.50 bits per heavy atom. The predicted molar refractivity (Wildman–Crippen MR) is 106 cm³/mol. The van der Waals surface area contributed by atoms with Crippen molar-refractivity contribution in [1.82, 2.24) is 4.98 Å². The Balaban J connectivity index is 0.000000207. The number of aromatic nitrogens is 1. The van der Waals surface area contributed by atoms with Gasteiger partial charge in [0.15, 0.2) is 28.8 Å². The zero-order valence-electron chi connectivity index (χ0n) is 16.7. The molecule has 5 atom stereocenters. The van der Waals surface area contributed by atoms with E-state index < -0.39 is 43.5 Å². The van der Waals surface area contributed by atoms with E-state index in [4.69, 9.17) is 34.7 Å². The van der Waals surface area contributed by atoms with Gasteiger partial charge in [0.1, 0.15) is 35.6 Å². The second kappa shape index (κ2) is 9.99. The Kier molecular flexibility index (Phi) is 7.35. The maximum atomic E-state index is 11.6. The highest BCUT2D eigenvalue weighted by Crippen LogP contribution is 2.31. The Hall–Kier alpha value is -3.13. The molecule has 2 aliphatic heterocycles. The number of benzene rings is 2. The quantitative estimate of drug-likeness (QED) is 0.186. The van der Waals surface area contributed by atoms with Crippen molar-refractivity contribution in [2.75, 3.05) is 13.7 Å². The van der Waals surface area contributed by atoms with Crippen molar-refractivity contribution in [3.8, 4) is 17.2 Å². The summed E-state index contributed by atoms with van der Waals surface area (Å²) in [7, 11) is 1.18. The van der Waals surface area contributed by atoms with Crippen LogP contribution in [0.2, 0.25) is 0 Å². The van der Waals surface area contributed by atoms with E-state index in [0.29, 0.717) is 11.1 Å². The van der Waals surface area contributed by atoms with Crippen LogP contribution in [0.15, 0.2) is 45.6 Å². The van der Waals surface area contributed by atoms with E-state index in [1.807, 2.05) is 0 Å². The SMILES string of the molecule is COC(=O)Oc1cc(=O)cc2oc3ccccc3nc1-2.OC[C@H]1O[C@@H](O)[C@H](O)[C@@H](O)[C@H]1O. The molecule has 1 aromatic carbocycles. The lowest BCUT2D eigenvalue weighted by molar-refractivity contribution is -0.286. The van der Waals surface area contributed by atoms with Gasteiger partial charge in [-0.15, -0.1) is 0 Å². The molecule has 172 valence electrons. The van der Waals surface area contributed by atoms with Gasteiger partial charge < -0.3 is 44.2 Å². The molecule has 3 aliphatic rings. The first-order valence-corrected chi connectivity index (χ1v) is 9.33. The number of carbonyl (C=O) groups is 1. The Bertz CT molecular complexity index is 1100. The largest absolute Gasteiger partial charge is 0.513 e. The van der Waals surface area contributed by atoms with Crippen LogP contribution in [0.3, 0.4) is 0 Å². The van der Waals surface area contributed by atoms with E-state index in [9.17, 15) is 9.59 Å². The molecule has 1 fully saturated rings. The minimum atomic E-state index is -1.57. The maximum absolute atomic E-state index is 11.6. The van der Waals surface area contributed by atoms with Gasteiger partial charge in [-0.25, -0.2) is 9.78 Å². The van der Waals surface area contributed by atoms with Gasteiger partial charge in [0, 0.05) is 12.1 Å². The summed E-state index contributed by atoms with van der Waals surface area (Å²) in [5.41, 5.74) is 1.06. The van der Waals surface area contributed by atoms with Gasteiger partial charge in [-0.3, -0.25) is 4.79 Å². The Morgan fingerprint density at radius 2 is 1.81 bits per heavy atom. The second-order valence-corrected chi connectivity index (χ2v) is 6.73. The predicted octanol–water partition coefficient (Wildman–Crippen LogP) is -0.783. The molecule has 1 aromatic rings. The lowest BCUT2D eigenvalue weighted by Gasteiger charge is -2.37. The maximum Gasteiger partial charge on any atom is 0.513 e. The number of ether oxygens (including phenoxy) is 3. The van der Waals surface area contributed by atoms with E-state index in [0.717, 1.165) is 6.07 Å². The van der Waals surface area contributed by atoms with Gasteiger partial charge >= 0.3 is 6.16 Å². The molecule has 1 aliphatic carbocycles. The summed E-state index contributed by atoms with van der Waals surface area (Å²) in [6.07, 6.45) is -7.96. The molecule has 0 saturated carbocycles.